The number of hydrogen-bond acceptors (Lipinski definition) is 5. The number of anilines is 1. The van der Waals surface area contributed by atoms with Crippen LogP contribution in [0.2, 0.25) is 5.02 Å². The number of benzene rings is 2. The number of piperazine rings is 1. The number of amides is 1. The molecule has 1 saturated heterocycles. The van der Waals surface area contributed by atoms with Gasteiger partial charge in [0.2, 0.25) is 0 Å². The molecule has 29 heavy (non-hydrogen) atoms. The lowest BCUT2D eigenvalue weighted by molar-refractivity contribution is -0.158. The van der Waals surface area contributed by atoms with Crippen molar-refractivity contribution in [3.05, 3.63) is 59.6 Å². The molecule has 1 aliphatic rings. The van der Waals surface area contributed by atoms with Gasteiger partial charge in [-0.05, 0) is 30.7 Å². The summed E-state index contributed by atoms with van der Waals surface area (Å²) in [5.74, 6) is -0.135. The van der Waals surface area contributed by atoms with E-state index in [1.54, 1.807) is 17.0 Å². The van der Waals surface area contributed by atoms with Crippen molar-refractivity contribution < 1.29 is 19.1 Å². The van der Waals surface area contributed by atoms with Crippen LogP contribution in [0.5, 0.6) is 5.75 Å². The van der Waals surface area contributed by atoms with Crippen LogP contribution < -0.4 is 9.64 Å². The van der Waals surface area contributed by atoms with Crippen LogP contribution in [0.1, 0.15) is 13.3 Å². The zero-order valence-corrected chi connectivity index (χ0v) is 17.2. The molecule has 1 amide bonds. The second-order valence-corrected chi connectivity index (χ2v) is 7.16. The smallest absolute Gasteiger partial charge is 0.347 e. The number of rotatable bonds is 7. The highest BCUT2D eigenvalue weighted by atomic mass is 35.5. The van der Waals surface area contributed by atoms with E-state index in [2.05, 4.69) is 4.90 Å². The first-order valence-electron chi connectivity index (χ1n) is 9.74. The largest absolute Gasteiger partial charge is 0.479 e. The predicted octanol–water partition coefficient (Wildman–Crippen LogP) is 3.39. The molecule has 7 heteroatoms. The molecule has 0 aliphatic carbocycles. The van der Waals surface area contributed by atoms with Crippen molar-refractivity contribution in [2.45, 2.75) is 19.4 Å². The number of carbonyl (C=O) groups excluding carboxylic acids is 2. The molecule has 0 unspecified atom stereocenters. The Morgan fingerprint density at radius 1 is 1.00 bits per heavy atom. The molecule has 3 rings (SSSR count). The maximum absolute atomic E-state index is 12.4. The van der Waals surface area contributed by atoms with Crippen LogP contribution in [0.25, 0.3) is 0 Å². The Kier molecular flexibility index (Phi) is 7.36. The van der Waals surface area contributed by atoms with Gasteiger partial charge in [0, 0.05) is 26.2 Å². The number of carbonyl (C=O) groups is 2. The third kappa shape index (κ3) is 5.64. The summed E-state index contributed by atoms with van der Waals surface area (Å²) >= 11 is 6.25. The number of para-hydroxylation sites is 2. The quantitative estimate of drug-likeness (QED) is 0.647. The molecule has 154 valence electrons. The molecule has 1 aliphatic heterocycles. The molecule has 2 aromatic rings. The van der Waals surface area contributed by atoms with Gasteiger partial charge < -0.3 is 19.3 Å². The lowest BCUT2D eigenvalue weighted by Crippen LogP contribution is -2.50. The molecule has 1 atom stereocenters. The van der Waals surface area contributed by atoms with Crippen molar-refractivity contribution in [3.8, 4) is 5.75 Å². The molecule has 0 N–H and O–H groups in total. The van der Waals surface area contributed by atoms with Gasteiger partial charge in [-0.1, -0.05) is 48.9 Å². The van der Waals surface area contributed by atoms with Crippen molar-refractivity contribution in [2.75, 3.05) is 37.7 Å². The minimum Gasteiger partial charge on any atom is -0.479 e. The second kappa shape index (κ2) is 10.2. The normalized spacial score (nSPS) is 15.0. The van der Waals surface area contributed by atoms with Crippen molar-refractivity contribution >= 4 is 29.2 Å². The van der Waals surface area contributed by atoms with E-state index in [4.69, 9.17) is 21.1 Å². The average Bonchev–Trinajstić information content (AvgIpc) is 2.77. The van der Waals surface area contributed by atoms with E-state index in [0.29, 0.717) is 43.4 Å². The minimum atomic E-state index is -0.734. The first kappa shape index (κ1) is 21.0. The van der Waals surface area contributed by atoms with Crippen molar-refractivity contribution in [1.82, 2.24) is 4.90 Å². The fraction of sp³-hybridized carbons (Fsp3) is 0.364. The van der Waals surface area contributed by atoms with Gasteiger partial charge in [-0.2, -0.15) is 0 Å². The summed E-state index contributed by atoms with van der Waals surface area (Å²) in [6.07, 6.45) is -0.277. The number of esters is 1. The zero-order chi connectivity index (χ0) is 20.6. The monoisotopic (exact) mass is 416 g/mol. The molecule has 6 nitrogen and oxygen atoms in total. The zero-order valence-electron chi connectivity index (χ0n) is 16.4. The highest BCUT2D eigenvalue weighted by molar-refractivity contribution is 6.33. The van der Waals surface area contributed by atoms with E-state index >= 15 is 0 Å². The molecule has 1 heterocycles. The molecule has 1 fully saturated rings. The van der Waals surface area contributed by atoms with E-state index in [1.165, 1.54) is 0 Å². The second-order valence-electron chi connectivity index (χ2n) is 6.75. The summed E-state index contributed by atoms with van der Waals surface area (Å²) in [5.41, 5.74) is 0.969. The lowest BCUT2D eigenvalue weighted by atomic mass is 10.2. The molecule has 0 saturated carbocycles. The van der Waals surface area contributed by atoms with Crippen LogP contribution in [-0.2, 0) is 14.3 Å². The van der Waals surface area contributed by atoms with Gasteiger partial charge >= 0.3 is 5.97 Å². The first-order valence-corrected chi connectivity index (χ1v) is 10.1. The minimum absolute atomic E-state index is 0.202. The van der Waals surface area contributed by atoms with E-state index in [0.717, 1.165) is 5.69 Å². The number of hydrogen-bond donors (Lipinski definition) is 0. The predicted molar refractivity (Wildman–Crippen MR) is 112 cm³/mol. The van der Waals surface area contributed by atoms with Gasteiger partial charge in [-0.25, -0.2) is 4.79 Å². The standard InChI is InChI=1S/C22H25ClN2O4/c1-2-20(29-17-8-4-3-5-9-17)22(27)28-16-21(26)25-14-12-24(13-15-25)19-11-7-6-10-18(19)23/h3-11,20H,2,12-16H2,1H3/t20-/m1/s1. The van der Waals surface area contributed by atoms with Gasteiger partial charge in [-0.15, -0.1) is 0 Å². The Labute approximate surface area is 176 Å². The Morgan fingerprint density at radius 3 is 2.31 bits per heavy atom. The van der Waals surface area contributed by atoms with Crippen LogP contribution >= 0.6 is 11.6 Å². The number of ether oxygens (including phenoxy) is 2. The average molecular weight is 417 g/mol. The third-order valence-electron chi connectivity index (χ3n) is 4.82. The molecule has 0 radical (unpaired) electrons. The van der Waals surface area contributed by atoms with Gasteiger partial charge in [-0.3, -0.25) is 4.79 Å². The summed E-state index contributed by atoms with van der Waals surface area (Å²) in [6.45, 7) is 4.03. The van der Waals surface area contributed by atoms with E-state index < -0.39 is 12.1 Å². The summed E-state index contributed by atoms with van der Waals surface area (Å²) in [6, 6.07) is 16.8. The van der Waals surface area contributed by atoms with Gasteiger partial charge in [0.05, 0.1) is 10.7 Å². The van der Waals surface area contributed by atoms with Crippen LogP contribution in [0, 0.1) is 0 Å². The maximum atomic E-state index is 12.4. The summed E-state index contributed by atoms with van der Waals surface area (Å²) < 4.78 is 10.9. The third-order valence-corrected chi connectivity index (χ3v) is 5.14. The summed E-state index contributed by atoms with van der Waals surface area (Å²) in [7, 11) is 0. The summed E-state index contributed by atoms with van der Waals surface area (Å²) in [4.78, 5) is 28.6. The molecular formula is C22H25ClN2O4. The number of halogens is 1. The van der Waals surface area contributed by atoms with Crippen LogP contribution in [0.15, 0.2) is 54.6 Å². The SMILES string of the molecule is CC[C@@H](Oc1ccccc1)C(=O)OCC(=O)N1CCN(c2ccccc2Cl)CC1. The van der Waals surface area contributed by atoms with Crippen LogP contribution in [0.4, 0.5) is 5.69 Å². The fourth-order valence-corrected chi connectivity index (χ4v) is 3.44. The maximum Gasteiger partial charge on any atom is 0.347 e. The van der Waals surface area contributed by atoms with Crippen LogP contribution in [0.3, 0.4) is 0 Å². The van der Waals surface area contributed by atoms with Gasteiger partial charge in [0.25, 0.3) is 5.91 Å². The highest BCUT2D eigenvalue weighted by Crippen LogP contribution is 2.26. The van der Waals surface area contributed by atoms with Gasteiger partial charge in [0.1, 0.15) is 5.75 Å². The molecule has 0 spiro atoms. The van der Waals surface area contributed by atoms with Crippen LogP contribution in [-0.4, -0.2) is 55.7 Å². The number of nitrogens with zero attached hydrogens (tertiary/aromatic N) is 2. The Hall–Kier alpha value is -2.73. The Morgan fingerprint density at radius 2 is 1.66 bits per heavy atom. The topological polar surface area (TPSA) is 59.1 Å². The lowest BCUT2D eigenvalue weighted by Gasteiger charge is -2.36. The van der Waals surface area contributed by atoms with E-state index in [-0.39, 0.29) is 12.5 Å². The van der Waals surface area contributed by atoms with Crippen molar-refractivity contribution in [1.29, 1.82) is 0 Å². The molecular weight excluding hydrogens is 392 g/mol. The molecule has 0 bridgehead atoms. The highest BCUT2D eigenvalue weighted by Gasteiger charge is 2.25. The Balaban J connectivity index is 1.46. The first-order chi connectivity index (χ1) is 14.1. The van der Waals surface area contributed by atoms with E-state index in [9.17, 15) is 9.59 Å². The molecule has 0 aromatic heterocycles. The van der Waals surface area contributed by atoms with Gasteiger partial charge in [0.15, 0.2) is 12.7 Å². The van der Waals surface area contributed by atoms with E-state index in [1.807, 2.05) is 49.4 Å². The molecule has 2 aromatic carbocycles. The van der Waals surface area contributed by atoms with Crippen molar-refractivity contribution in [3.63, 3.8) is 0 Å². The fourth-order valence-electron chi connectivity index (χ4n) is 3.18. The van der Waals surface area contributed by atoms with Crippen molar-refractivity contribution in [2.24, 2.45) is 0 Å². The summed E-state index contributed by atoms with van der Waals surface area (Å²) in [5, 5.41) is 0.699. The Bertz CT molecular complexity index is 823.